The highest BCUT2D eigenvalue weighted by Crippen LogP contribution is 2.56. The molecule has 2 unspecified atom stereocenters. The predicted octanol–water partition coefficient (Wildman–Crippen LogP) is 6.95. The average molecular weight is 711 g/mol. The number of morpholine rings is 1. The molecule has 1 amide bonds. The lowest BCUT2D eigenvalue weighted by Gasteiger charge is -2.63. The largest absolute Gasteiger partial charge is 0.472 e. The number of nitrogens with zero attached hydrogens (tertiary/aromatic N) is 3. The van der Waals surface area contributed by atoms with Gasteiger partial charge in [0.15, 0.2) is 6.73 Å². The molecule has 9 nitrogen and oxygen atoms in total. The minimum Gasteiger partial charge on any atom is -0.472 e. The topological polar surface area (TPSA) is 80.8 Å². The monoisotopic (exact) mass is 709 g/mol. The molecule has 3 saturated heterocycles. The summed E-state index contributed by atoms with van der Waals surface area (Å²) in [5.74, 6) is -1.05. The molecule has 3 aromatic carbocycles. The summed E-state index contributed by atoms with van der Waals surface area (Å²) in [7, 11) is 3.06. The molecule has 2 atom stereocenters. The van der Waals surface area contributed by atoms with E-state index in [4.69, 9.17) is 42.1 Å². The van der Waals surface area contributed by atoms with Crippen molar-refractivity contribution in [3.8, 4) is 16.9 Å². The number of rotatable bonds is 6. The van der Waals surface area contributed by atoms with Crippen molar-refractivity contribution >= 4 is 46.5 Å². The number of benzene rings is 3. The van der Waals surface area contributed by atoms with Crippen LogP contribution in [0.4, 0.5) is 15.8 Å². The number of esters is 1. The van der Waals surface area contributed by atoms with Crippen LogP contribution in [0.3, 0.4) is 0 Å². The summed E-state index contributed by atoms with van der Waals surface area (Å²) in [6.45, 7) is 5.16. The summed E-state index contributed by atoms with van der Waals surface area (Å²) in [5.41, 5.74) is 3.64. The zero-order valence-corrected chi connectivity index (χ0v) is 29.2. The van der Waals surface area contributed by atoms with Crippen LogP contribution >= 0.6 is 23.2 Å². The number of ether oxygens (including phenoxy) is 4. The van der Waals surface area contributed by atoms with E-state index in [2.05, 4.69) is 16.7 Å². The maximum Gasteiger partial charge on any atom is 0.340 e. The summed E-state index contributed by atoms with van der Waals surface area (Å²) in [5, 5.41) is 0.557. The van der Waals surface area contributed by atoms with Gasteiger partial charge < -0.3 is 33.6 Å². The van der Waals surface area contributed by atoms with Crippen molar-refractivity contribution in [2.75, 3.05) is 57.1 Å². The number of fused-ring (bicyclic) bond motifs is 3. The second-order valence-electron chi connectivity index (χ2n) is 14.4. The van der Waals surface area contributed by atoms with Gasteiger partial charge in [-0.15, -0.1) is 0 Å². The first-order valence-electron chi connectivity index (χ1n) is 16.6. The Labute approximate surface area is 294 Å². The Morgan fingerprint density at radius 2 is 1.67 bits per heavy atom. The van der Waals surface area contributed by atoms with Crippen molar-refractivity contribution in [3.63, 3.8) is 0 Å². The zero-order chi connectivity index (χ0) is 34.2. The summed E-state index contributed by atoms with van der Waals surface area (Å²) in [6, 6.07) is 12.2. The molecule has 8 rings (SSSR count). The normalized spacial score (nSPS) is 23.0. The first-order chi connectivity index (χ1) is 23.5. The molecule has 1 saturated carbocycles. The maximum atomic E-state index is 15.9. The molecule has 4 heterocycles. The number of hydrogen-bond donors (Lipinski definition) is 0. The van der Waals surface area contributed by atoms with Gasteiger partial charge >= 0.3 is 5.97 Å². The van der Waals surface area contributed by atoms with Gasteiger partial charge in [-0.1, -0.05) is 41.4 Å². The number of methoxy groups -OCH3 is 2. The van der Waals surface area contributed by atoms with Crippen LogP contribution in [0.1, 0.15) is 58.9 Å². The fourth-order valence-electron chi connectivity index (χ4n) is 8.85. The Hall–Kier alpha value is -3.57. The summed E-state index contributed by atoms with van der Waals surface area (Å²) in [4.78, 5) is 32.6. The standard InChI is InChI=1S/C37H38Cl2FN3O6/c1-36(47-3)16-37(17-36)18-42(19-37)24-9-28(38)32(29(39)10-24)34(44)41-13-21-5-4-6-25(33(21)49-20-41)26-12-31(27(11-30(26)40)35(45)46-2)43-22-7-8-23(43)15-48-14-22/h4-6,9-12,22-23H,7-8,13-20H2,1-3H3. The Morgan fingerprint density at radius 1 is 0.980 bits per heavy atom. The van der Waals surface area contributed by atoms with Crippen molar-refractivity contribution in [2.24, 2.45) is 5.41 Å². The molecule has 3 aromatic rings. The predicted molar refractivity (Wildman–Crippen MR) is 184 cm³/mol. The van der Waals surface area contributed by atoms with Gasteiger partial charge in [0.25, 0.3) is 5.91 Å². The number of anilines is 2. The van der Waals surface area contributed by atoms with E-state index in [0.29, 0.717) is 41.3 Å². The van der Waals surface area contributed by atoms with Crippen molar-refractivity contribution in [1.82, 2.24) is 4.90 Å². The Bertz CT molecular complexity index is 1820. The van der Waals surface area contributed by atoms with Crippen LogP contribution in [0.5, 0.6) is 5.75 Å². The van der Waals surface area contributed by atoms with E-state index < -0.39 is 11.8 Å². The smallest absolute Gasteiger partial charge is 0.340 e. The molecule has 4 aliphatic heterocycles. The van der Waals surface area contributed by atoms with Crippen LogP contribution in [-0.2, 0) is 20.8 Å². The van der Waals surface area contributed by atoms with E-state index in [1.807, 2.05) is 12.1 Å². The first-order valence-corrected chi connectivity index (χ1v) is 17.4. The van der Waals surface area contributed by atoms with Crippen molar-refractivity contribution in [2.45, 2.75) is 56.8 Å². The lowest BCUT2D eigenvalue weighted by atomic mass is 9.55. The molecule has 258 valence electrons. The number of carbonyl (C=O) groups is 2. The first kappa shape index (κ1) is 32.6. The summed E-state index contributed by atoms with van der Waals surface area (Å²) in [6.07, 6.45) is 3.89. The third-order valence-corrected chi connectivity index (χ3v) is 11.7. The third kappa shape index (κ3) is 5.42. The summed E-state index contributed by atoms with van der Waals surface area (Å²) >= 11 is 13.5. The fourth-order valence-corrected chi connectivity index (χ4v) is 9.48. The Morgan fingerprint density at radius 3 is 2.33 bits per heavy atom. The van der Waals surface area contributed by atoms with Crippen LogP contribution < -0.4 is 14.5 Å². The molecule has 0 aromatic heterocycles. The highest BCUT2D eigenvalue weighted by Gasteiger charge is 2.58. The molecule has 0 radical (unpaired) electrons. The molecule has 5 aliphatic rings. The molecule has 1 spiro atoms. The van der Waals surface area contributed by atoms with Crippen LogP contribution in [0.25, 0.3) is 11.1 Å². The number of carbonyl (C=O) groups excluding carboxylic acids is 2. The number of hydrogen-bond acceptors (Lipinski definition) is 8. The van der Waals surface area contributed by atoms with E-state index in [0.717, 1.165) is 44.5 Å². The second kappa shape index (κ2) is 12.0. The average Bonchev–Trinajstić information content (AvgIpc) is 3.30. The highest BCUT2D eigenvalue weighted by atomic mass is 35.5. The minimum atomic E-state index is -0.598. The van der Waals surface area contributed by atoms with E-state index in [1.54, 1.807) is 31.4 Å². The second-order valence-corrected chi connectivity index (χ2v) is 15.2. The summed E-state index contributed by atoms with van der Waals surface area (Å²) < 4.78 is 38.5. The molecule has 12 heteroatoms. The maximum absolute atomic E-state index is 15.9. The van der Waals surface area contributed by atoms with Gasteiger partial charge in [-0.05, 0) is 56.9 Å². The van der Waals surface area contributed by atoms with Crippen molar-refractivity contribution in [3.05, 3.63) is 75.0 Å². The Kier molecular flexibility index (Phi) is 8.02. The highest BCUT2D eigenvalue weighted by molar-refractivity contribution is 6.40. The van der Waals surface area contributed by atoms with Gasteiger partial charge in [-0.2, -0.15) is 0 Å². The van der Waals surface area contributed by atoms with Crippen LogP contribution in [0.2, 0.25) is 10.0 Å². The molecule has 1 aliphatic carbocycles. The van der Waals surface area contributed by atoms with E-state index in [-0.39, 0.29) is 63.5 Å². The van der Waals surface area contributed by atoms with E-state index in [9.17, 15) is 9.59 Å². The quantitative estimate of drug-likeness (QED) is 0.255. The van der Waals surface area contributed by atoms with Crippen LogP contribution in [0, 0.1) is 11.2 Å². The lowest BCUT2D eigenvalue weighted by molar-refractivity contribution is -0.149. The number of amides is 1. The van der Waals surface area contributed by atoms with Crippen molar-refractivity contribution in [1.29, 1.82) is 0 Å². The molecule has 49 heavy (non-hydrogen) atoms. The van der Waals surface area contributed by atoms with Crippen LogP contribution in [0.15, 0.2) is 42.5 Å². The van der Waals surface area contributed by atoms with Crippen molar-refractivity contribution < 1.29 is 32.9 Å². The van der Waals surface area contributed by atoms with Gasteiger partial charge in [0.05, 0.1) is 71.4 Å². The molecule has 2 bridgehead atoms. The Balaban J connectivity index is 1.04. The third-order valence-electron chi connectivity index (χ3n) is 11.1. The van der Waals surface area contributed by atoms with Crippen LogP contribution in [-0.4, -0.2) is 81.7 Å². The molecular formula is C37H38Cl2FN3O6. The fraction of sp³-hybridized carbons (Fsp3) is 0.459. The van der Waals surface area contributed by atoms with E-state index in [1.165, 1.54) is 18.1 Å². The molecule has 0 N–H and O–H groups in total. The van der Waals surface area contributed by atoms with Gasteiger partial charge in [0.2, 0.25) is 0 Å². The number of halogens is 3. The minimum absolute atomic E-state index is 0.0532. The van der Waals surface area contributed by atoms with Gasteiger partial charge in [-0.3, -0.25) is 4.79 Å². The molecule has 4 fully saturated rings. The number of para-hydroxylation sites is 1. The SMILES string of the molecule is COC(=O)c1cc(F)c(-c2cccc3c2OCN(C(=O)c2c(Cl)cc(N4CC5(C4)CC(C)(OC)C5)cc2Cl)C3)cc1N1C2CCC1COC2. The lowest BCUT2D eigenvalue weighted by Crippen LogP contribution is -2.67. The van der Waals surface area contributed by atoms with Gasteiger partial charge in [0.1, 0.15) is 11.6 Å². The molecular weight excluding hydrogens is 672 g/mol. The van der Waals surface area contributed by atoms with Gasteiger partial charge in [0, 0.05) is 48.0 Å². The van der Waals surface area contributed by atoms with Gasteiger partial charge in [-0.25, -0.2) is 9.18 Å². The zero-order valence-electron chi connectivity index (χ0n) is 27.7. The van der Waals surface area contributed by atoms with E-state index >= 15 is 4.39 Å².